The van der Waals surface area contributed by atoms with Crippen LogP contribution in [-0.2, 0) is 9.53 Å². The predicted molar refractivity (Wildman–Crippen MR) is 49.3 cm³/mol. The molecular formula is C10H14N2O2. The van der Waals surface area contributed by atoms with Crippen LogP contribution in [0.5, 0.6) is 0 Å². The summed E-state index contributed by atoms with van der Waals surface area (Å²) in [6.45, 7) is 4.02. The van der Waals surface area contributed by atoms with Crippen molar-refractivity contribution in [3.63, 3.8) is 0 Å². The lowest BCUT2D eigenvalue weighted by Gasteiger charge is -2.21. The summed E-state index contributed by atoms with van der Waals surface area (Å²) in [5, 5.41) is 8.96. The zero-order valence-electron chi connectivity index (χ0n) is 8.32. The summed E-state index contributed by atoms with van der Waals surface area (Å²) in [5.74, 6) is -0.118. The van der Waals surface area contributed by atoms with Gasteiger partial charge in [0, 0.05) is 19.5 Å². The number of likely N-dealkylation sites (tertiary alicyclic amines) is 1. The molecule has 14 heavy (non-hydrogen) atoms. The van der Waals surface area contributed by atoms with Crippen LogP contribution >= 0.6 is 0 Å². The summed E-state index contributed by atoms with van der Waals surface area (Å²) < 4.78 is 4.92. The van der Waals surface area contributed by atoms with Crippen molar-refractivity contribution in [2.45, 2.75) is 25.8 Å². The molecule has 0 radical (unpaired) electrons. The first-order chi connectivity index (χ1) is 6.64. The number of hydrogen-bond acceptors (Lipinski definition) is 4. The summed E-state index contributed by atoms with van der Waals surface area (Å²) in [5.41, 5.74) is -0.275. The molecule has 2 rings (SSSR count). The number of carbonyl (C=O) groups is 1. The van der Waals surface area contributed by atoms with Gasteiger partial charge in [0.15, 0.2) is 0 Å². The van der Waals surface area contributed by atoms with Gasteiger partial charge in [-0.3, -0.25) is 9.69 Å². The molecule has 2 saturated heterocycles. The molecule has 0 bridgehead atoms. The zero-order valence-corrected chi connectivity index (χ0v) is 8.32. The average Bonchev–Trinajstić information content (AvgIpc) is 2.73. The maximum absolute atomic E-state index is 11.3. The van der Waals surface area contributed by atoms with Crippen molar-refractivity contribution in [2.24, 2.45) is 5.41 Å². The molecule has 4 nitrogen and oxygen atoms in total. The van der Waals surface area contributed by atoms with Crippen molar-refractivity contribution in [3.05, 3.63) is 0 Å². The lowest BCUT2D eigenvalue weighted by atomic mass is 9.92. The molecule has 0 saturated carbocycles. The maximum Gasteiger partial charge on any atom is 0.323 e. The van der Waals surface area contributed by atoms with Crippen LogP contribution in [0.3, 0.4) is 0 Å². The van der Waals surface area contributed by atoms with E-state index >= 15 is 0 Å². The third-order valence-corrected chi connectivity index (χ3v) is 3.12. The Morgan fingerprint density at radius 2 is 2.50 bits per heavy atom. The van der Waals surface area contributed by atoms with E-state index in [0.717, 1.165) is 19.4 Å². The normalized spacial score (nSPS) is 38.3. The van der Waals surface area contributed by atoms with Gasteiger partial charge in [-0.25, -0.2) is 0 Å². The highest BCUT2D eigenvalue weighted by molar-refractivity contribution is 5.77. The highest BCUT2D eigenvalue weighted by Gasteiger charge is 2.41. The number of cyclic esters (lactones) is 1. The van der Waals surface area contributed by atoms with E-state index < -0.39 is 0 Å². The van der Waals surface area contributed by atoms with Crippen molar-refractivity contribution < 1.29 is 9.53 Å². The van der Waals surface area contributed by atoms with Crippen LogP contribution in [0, 0.1) is 16.7 Å². The van der Waals surface area contributed by atoms with Crippen LogP contribution in [0.2, 0.25) is 0 Å². The second-order valence-corrected chi connectivity index (χ2v) is 4.36. The molecule has 0 aromatic carbocycles. The van der Waals surface area contributed by atoms with E-state index in [9.17, 15) is 4.79 Å². The van der Waals surface area contributed by atoms with Crippen LogP contribution in [0.4, 0.5) is 0 Å². The highest BCUT2D eigenvalue weighted by Crippen LogP contribution is 2.31. The van der Waals surface area contributed by atoms with Gasteiger partial charge in [0.2, 0.25) is 0 Å². The Morgan fingerprint density at radius 1 is 1.71 bits per heavy atom. The third-order valence-electron chi connectivity index (χ3n) is 3.12. The fraction of sp³-hybridized carbons (Fsp3) is 0.800. The molecule has 0 aromatic heterocycles. The average molecular weight is 194 g/mol. The minimum absolute atomic E-state index is 0.0924. The van der Waals surface area contributed by atoms with Crippen molar-refractivity contribution >= 4 is 5.97 Å². The van der Waals surface area contributed by atoms with Gasteiger partial charge in [-0.05, 0) is 13.3 Å². The molecule has 0 aromatic rings. The molecule has 2 aliphatic rings. The fourth-order valence-corrected chi connectivity index (χ4v) is 2.17. The van der Waals surface area contributed by atoms with E-state index in [4.69, 9.17) is 10.00 Å². The Kier molecular flexibility index (Phi) is 2.20. The summed E-state index contributed by atoms with van der Waals surface area (Å²) in [7, 11) is 0. The van der Waals surface area contributed by atoms with E-state index in [2.05, 4.69) is 11.0 Å². The smallest absolute Gasteiger partial charge is 0.323 e. The summed E-state index contributed by atoms with van der Waals surface area (Å²) >= 11 is 0. The van der Waals surface area contributed by atoms with E-state index in [1.807, 2.05) is 6.92 Å². The van der Waals surface area contributed by atoms with Crippen molar-refractivity contribution in [1.29, 1.82) is 5.26 Å². The molecule has 2 atom stereocenters. The van der Waals surface area contributed by atoms with Crippen LogP contribution in [0.25, 0.3) is 0 Å². The molecule has 0 aliphatic carbocycles. The predicted octanol–water partition coefficient (Wildman–Crippen LogP) is 0.537. The Hall–Kier alpha value is -1.08. The lowest BCUT2D eigenvalue weighted by molar-refractivity contribution is -0.142. The Balaban J connectivity index is 2.02. The van der Waals surface area contributed by atoms with E-state index in [1.54, 1.807) is 0 Å². The van der Waals surface area contributed by atoms with Crippen molar-refractivity contribution in [2.75, 3.05) is 19.7 Å². The van der Waals surface area contributed by atoms with Gasteiger partial charge in [-0.2, -0.15) is 5.26 Å². The Bertz CT molecular complexity index is 297. The van der Waals surface area contributed by atoms with Crippen LogP contribution in [0.1, 0.15) is 19.8 Å². The summed E-state index contributed by atoms with van der Waals surface area (Å²) in [6, 6.07) is 2.22. The minimum atomic E-state index is -0.275. The van der Waals surface area contributed by atoms with Crippen LogP contribution in [-0.4, -0.2) is 36.6 Å². The van der Waals surface area contributed by atoms with Crippen LogP contribution in [0.15, 0.2) is 0 Å². The first kappa shape index (κ1) is 9.47. The number of esters is 1. The van der Waals surface area contributed by atoms with Gasteiger partial charge in [0.05, 0.1) is 18.1 Å². The number of nitrogens with zero attached hydrogens (tertiary/aromatic N) is 2. The first-order valence-corrected chi connectivity index (χ1v) is 4.97. The topological polar surface area (TPSA) is 53.3 Å². The zero-order chi connectivity index (χ0) is 10.2. The molecular weight excluding hydrogens is 180 g/mol. The highest BCUT2D eigenvalue weighted by atomic mass is 16.5. The molecule has 2 aliphatic heterocycles. The quantitative estimate of drug-likeness (QED) is 0.572. The van der Waals surface area contributed by atoms with Gasteiger partial charge in [0.25, 0.3) is 0 Å². The van der Waals surface area contributed by atoms with Gasteiger partial charge >= 0.3 is 5.97 Å². The van der Waals surface area contributed by atoms with Crippen molar-refractivity contribution in [1.82, 2.24) is 4.90 Å². The number of ether oxygens (including phenoxy) is 1. The summed E-state index contributed by atoms with van der Waals surface area (Å²) in [4.78, 5) is 13.4. The third kappa shape index (κ3) is 1.48. The monoisotopic (exact) mass is 194 g/mol. The SMILES string of the molecule is CC1(C#N)CCN(C2CCOC2=O)C1. The molecule has 0 amide bonds. The molecule has 4 heteroatoms. The Labute approximate surface area is 83.4 Å². The fourth-order valence-electron chi connectivity index (χ4n) is 2.17. The number of rotatable bonds is 1. The first-order valence-electron chi connectivity index (χ1n) is 4.97. The van der Waals surface area contributed by atoms with Gasteiger partial charge in [-0.1, -0.05) is 0 Å². The second-order valence-electron chi connectivity index (χ2n) is 4.36. The van der Waals surface area contributed by atoms with Gasteiger partial charge in [0.1, 0.15) is 6.04 Å². The molecule has 2 unspecified atom stereocenters. The van der Waals surface area contributed by atoms with E-state index in [-0.39, 0.29) is 17.4 Å². The van der Waals surface area contributed by atoms with E-state index in [1.165, 1.54) is 0 Å². The molecule has 2 heterocycles. The second kappa shape index (κ2) is 3.25. The number of carbonyl (C=O) groups excluding carboxylic acids is 1. The van der Waals surface area contributed by atoms with Crippen molar-refractivity contribution in [3.8, 4) is 6.07 Å². The summed E-state index contributed by atoms with van der Waals surface area (Å²) in [6.07, 6.45) is 1.63. The molecule has 2 fully saturated rings. The standard InChI is InChI=1S/C10H14N2O2/c1-10(6-11)3-4-12(7-10)8-2-5-14-9(8)13/h8H,2-5,7H2,1H3. The molecule has 76 valence electrons. The maximum atomic E-state index is 11.3. The minimum Gasteiger partial charge on any atom is -0.464 e. The van der Waals surface area contributed by atoms with Gasteiger partial charge < -0.3 is 4.74 Å². The molecule has 0 N–H and O–H groups in total. The Morgan fingerprint density at radius 3 is 3.00 bits per heavy atom. The lowest BCUT2D eigenvalue weighted by Crippen LogP contribution is -2.37. The van der Waals surface area contributed by atoms with Crippen LogP contribution < -0.4 is 0 Å². The number of hydrogen-bond donors (Lipinski definition) is 0. The molecule has 0 spiro atoms. The van der Waals surface area contributed by atoms with E-state index in [0.29, 0.717) is 13.2 Å². The number of nitriles is 1. The largest absolute Gasteiger partial charge is 0.464 e. The van der Waals surface area contributed by atoms with Gasteiger partial charge in [-0.15, -0.1) is 0 Å².